The van der Waals surface area contributed by atoms with Crippen molar-refractivity contribution >= 4 is 5.94 Å². The van der Waals surface area contributed by atoms with E-state index in [-0.39, 0.29) is 0 Å². The summed E-state index contributed by atoms with van der Waals surface area (Å²) < 4.78 is 5.41. The molecule has 3 unspecified atom stereocenters. The molecule has 0 bridgehead atoms. The molecule has 14 heavy (non-hydrogen) atoms. The molecule has 0 spiro atoms. The quantitative estimate of drug-likeness (QED) is 0.599. The van der Waals surface area contributed by atoms with Crippen LogP contribution in [0.3, 0.4) is 0 Å². The van der Waals surface area contributed by atoms with E-state index in [4.69, 9.17) is 4.74 Å². The SMILES string of the molecule is COC1CCC2CC(=C=O)CCC2C1. The molecule has 2 aliphatic rings. The van der Waals surface area contributed by atoms with Gasteiger partial charge in [0.25, 0.3) is 0 Å². The number of rotatable bonds is 1. The molecule has 0 heterocycles. The molecule has 2 rings (SSSR count). The Morgan fingerprint density at radius 3 is 2.86 bits per heavy atom. The van der Waals surface area contributed by atoms with E-state index in [9.17, 15) is 4.79 Å². The Labute approximate surface area is 85.3 Å². The standard InChI is InChI=1S/C12H18O2/c1-14-12-5-4-10-6-9(8-13)2-3-11(10)7-12/h10-12H,2-7H2,1H3. The Morgan fingerprint density at radius 2 is 2.14 bits per heavy atom. The summed E-state index contributed by atoms with van der Waals surface area (Å²) in [6.07, 6.45) is 7.23. The molecule has 2 aliphatic carbocycles. The van der Waals surface area contributed by atoms with Crippen LogP contribution in [0.15, 0.2) is 5.57 Å². The Balaban J connectivity index is 1.97. The van der Waals surface area contributed by atoms with Gasteiger partial charge in [0.1, 0.15) is 5.94 Å². The molecule has 0 N–H and O–H groups in total. The number of fused-ring (bicyclic) bond motifs is 1. The van der Waals surface area contributed by atoms with E-state index in [2.05, 4.69) is 5.94 Å². The first kappa shape index (κ1) is 9.95. The third-order valence-electron chi connectivity index (χ3n) is 3.89. The molecule has 0 aromatic heterocycles. The third-order valence-corrected chi connectivity index (χ3v) is 3.89. The molecule has 0 aromatic rings. The lowest BCUT2D eigenvalue weighted by Gasteiger charge is -2.38. The van der Waals surface area contributed by atoms with Crippen LogP contribution in [0.4, 0.5) is 0 Å². The Hall–Kier alpha value is -0.590. The van der Waals surface area contributed by atoms with Crippen molar-refractivity contribution in [2.24, 2.45) is 11.8 Å². The average Bonchev–Trinajstić information content (AvgIpc) is 2.27. The van der Waals surface area contributed by atoms with Gasteiger partial charge in [0, 0.05) is 12.7 Å². The number of carbonyl (C=O) groups excluding carboxylic acids is 1. The zero-order valence-corrected chi connectivity index (χ0v) is 8.79. The molecular weight excluding hydrogens is 176 g/mol. The minimum Gasteiger partial charge on any atom is -0.381 e. The molecule has 0 aliphatic heterocycles. The maximum absolute atomic E-state index is 10.6. The van der Waals surface area contributed by atoms with Crippen molar-refractivity contribution in [1.29, 1.82) is 0 Å². The van der Waals surface area contributed by atoms with E-state index in [0.717, 1.165) is 30.3 Å². The monoisotopic (exact) mass is 194 g/mol. The van der Waals surface area contributed by atoms with Crippen LogP contribution in [0.1, 0.15) is 38.5 Å². The van der Waals surface area contributed by atoms with Gasteiger partial charge in [-0.3, -0.25) is 0 Å². The van der Waals surface area contributed by atoms with Crippen LogP contribution in [0.25, 0.3) is 0 Å². The minimum absolute atomic E-state index is 0.470. The molecule has 2 fully saturated rings. The summed E-state index contributed by atoms with van der Waals surface area (Å²) in [4.78, 5) is 10.6. The van der Waals surface area contributed by atoms with Crippen molar-refractivity contribution in [2.75, 3.05) is 7.11 Å². The summed E-state index contributed by atoms with van der Waals surface area (Å²) in [7, 11) is 1.81. The normalized spacial score (nSPS) is 37.5. The molecular formula is C12H18O2. The van der Waals surface area contributed by atoms with Gasteiger partial charge in [0.2, 0.25) is 0 Å². The van der Waals surface area contributed by atoms with Crippen LogP contribution in [0, 0.1) is 11.8 Å². The summed E-state index contributed by atoms with van der Waals surface area (Å²) in [6.45, 7) is 0. The fourth-order valence-electron chi connectivity index (χ4n) is 2.99. The van der Waals surface area contributed by atoms with Gasteiger partial charge in [-0.25, -0.2) is 4.79 Å². The van der Waals surface area contributed by atoms with Gasteiger partial charge in [-0.2, -0.15) is 0 Å². The van der Waals surface area contributed by atoms with Crippen molar-refractivity contribution in [2.45, 2.75) is 44.6 Å². The average molecular weight is 194 g/mol. The van der Waals surface area contributed by atoms with E-state index < -0.39 is 0 Å². The van der Waals surface area contributed by atoms with Crippen LogP contribution in [0.5, 0.6) is 0 Å². The van der Waals surface area contributed by atoms with Crippen molar-refractivity contribution < 1.29 is 9.53 Å². The summed E-state index contributed by atoms with van der Waals surface area (Å²) >= 11 is 0. The van der Waals surface area contributed by atoms with Crippen LogP contribution in [-0.2, 0) is 9.53 Å². The van der Waals surface area contributed by atoms with Crippen LogP contribution >= 0.6 is 0 Å². The summed E-state index contributed by atoms with van der Waals surface area (Å²) in [5, 5.41) is 0. The minimum atomic E-state index is 0.470. The van der Waals surface area contributed by atoms with Gasteiger partial charge in [0.15, 0.2) is 0 Å². The number of hydrogen-bond acceptors (Lipinski definition) is 2. The molecule has 2 nitrogen and oxygen atoms in total. The van der Waals surface area contributed by atoms with Crippen molar-refractivity contribution in [3.8, 4) is 0 Å². The highest BCUT2D eigenvalue weighted by molar-refractivity contribution is 5.52. The first-order valence-corrected chi connectivity index (χ1v) is 5.59. The fourth-order valence-corrected chi connectivity index (χ4v) is 2.99. The molecule has 2 saturated carbocycles. The number of allylic oxidation sites excluding steroid dienone is 1. The predicted octanol–water partition coefficient (Wildman–Crippen LogP) is 2.36. The molecule has 0 amide bonds. The lowest BCUT2D eigenvalue weighted by molar-refractivity contribution is 0.0216. The zero-order valence-electron chi connectivity index (χ0n) is 8.79. The maximum atomic E-state index is 10.6. The highest BCUT2D eigenvalue weighted by atomic mass is 16.5. The predicted molar refractivity (Wildman–Crippen MR) is 54.7 cm³/mol. The van der Waals surface area contributed by atoms with Crippen LogP contribution in [0.2, 0.25) is 0 Å². The zero-order chi connectivity index (χ0) is 9.97. The maximum Gasteiger partial charge on any atom is 0.123 e. The summed E-state index contributed by atoms with van der Waals surface area (Å²) in [6, 6.07) is 0. The summed E-state index contributed by atoms with van der Waals surface area (Å²) in [5.74, 6) is 3.64. The number of ether oxygens (including phenoxy) is 1. The number of hydrogen-bond donors (Lipinski definition) is 0. The first-order valence-electron chi connectivity index (χ1n) is 5.59. The Kier molecular flexibility index (Phi) is 3.05. The van der Waals surface area contributed by atoms with Gasteiger partial charge in [0.05, 0.1) is 6.10 Å². The van der Waals surface area contributed by atoms with E-state index in [1.807, 2.05) is 7.11 Å². The van der Waals surface area contributed by atoms with Gasteiger partial charge in [-0.1, -0.05) is 0 Å². The second-order valence-corrected chi connectivity index (χ2v) is 4.64. The molecule has 0 saturated heterocycles. The fraction of sp³-hybridized carbons (Fsp3) is 0.833. The van der Waals surface area contributed by atoms with E-state index in [1.165, 1.54) is 25.7 Å². The highest BCUT2D eigenvalue weighted by Gasteiger charge is 2.33. The van der Waals surface area contributed by atoms with E-state index in [1.54, 1.807) is 0 Å². The highest BCUT2D eigenvalue weighted by Crippen LogP contribution is 2.42. The summed E-state index contributed by atoms with van der Waals surface area (Å²) in [5.41, 5.74) is 1.02. The number of methoxy groups -OCH3 is 1. The third kappa shape index (κ3) is 1.92. The second kappa shape index (κ2) is 4.29. The molecule has 0 aromatic carbocycles. The molecule has 3 atom stereocenters. The molecule has 78 valence electrons. The van der Waals surface area contributed by atoms with Gasteiger partial charge in [-0.05, 0) is 50.4 Å². The van der Waals surface area contributed by atoms with Gasteiger partial charge >= 0.3 is 0 Å². The Bertz CT molecular complexity index is 253. The second-order valence-electron chi connectivity index (χ2n) is 4.64. The topological polar surface area (TPSA) is 26.3 Å². The van der Waals surface area contributed by atoms with Crippen molar-refractivity contribution in [3.63, 3.8) is 0 Å². The van der Waals surface area contributed by atoms with Crippen molar-refractivity contribution in [3.05, 3.63) is 5.57 Å². The largest absolute Gasteiger partial charge is 0.381 e. The van der Waals surface area contributed by atoms with Crippen LogP contribution in [-0.4, -0.2) is 19.2 Å². The van der Waals surface area contributed by atoms with E-state index in [0.29, 0.717) is 6.10 Å². The van der Waals surface area contributed by atoms with Gasteiger partial charge in [-0.15, -0.1) is 0 Å². The Morgan fingerprint density at radius 1 is 1.29 bits per heavy atom. The van der Waals surface area contributed by atoms with Gasteiger partial charge < -0.3 is 4.74 Å². The lowest BCUT2D eigenvalue weighted by Crippen LogP contribution is -2.31. The van der Waals surface area contributed by atoms with Crippen LogP contribution < -0.4 is 0 Å². The lowest BCUT2D eigenvalue weighted by atomic mass is 9.69. The molecule has 0 radical (unpaired) electrons. The van der Waals surface area contributed by atoms with Crippen molar-refractivity contribution in [1.82, 2.24) is 0 Å². The molecule has 2 heteroatoms. The van der Waals surface area contributed by atoms with E-state index >= 15 is 0 Å². The smallest absolute Gasteiger partial charge is 0.123 e. The first-order chi connectivity index (χ1) is 6.83.